The van der Waals surface area contributed by atoms with Crippen LogP contribution in [0, 0.1) is 0 Å². The fourth-order valence-electron chi connectivity index (χ4n) is 2.86. The lowest BCUT2D eigenvalue weighted by Crippen LogP contribution is -2.27. The first-order valence-corrected chi connectivity index (χ1v) is 10.8. The molecule has 0 spiro atoms. The number of rotatable bonds is 8. The summed E-state index contributed by atoms with van der Waals surface area (Å²) in [5.41, 5.74) is 2.54. The Morgan fingerprint density at radius 3 is 2.58 bits per heavy atom. The first-order chi connectivity index (χ1) is 12.5. The molecule has 0 atom stereocenters. The van der Waals surface area contributed by atoms with Crippen LogP contribution in [0.1, 0.15) is 26.7 Å². The predicted octanol–water partition coefficient (Wildman–Crippen LogP) is 6.83. The number of halogens is 1. The molecule has 0 saturated carbocycles. The van der Waals surface area contributed by atoms with Crippen molar-refractivity contribution in [2.75, 3.05) is 20.2 Å². The van der Waals surface area contributed by atoms with E-state index in [2.05, 4.69) is 89.6 Å². The lowest BCUT2D eigenvalue weighted by molar-refractivity contribution is 0.249. The summed E-state index contributed by atoms with van der Waals surface area (Å²) in [7, 11) is 2.18. The number of benzene rings is 2. The Hall–Kier alpha value is -1.36. The summed E-state index contributed by atoms with van der Waals surface area (Å²) >= 11 is 5.28. The van der Waals surface area contributed by atoms with Gasteiger partial charge in [-0.1, -0.05) is 28.1 Å². The minimum Gasteiger partial charge on any atom is -0.494 e. The Labute approximate surface area is 168 Å². The molecule has 2 nitrogen and oxygen atoms in total. The smallest absolute Gasteiger partial charge is 0.120 e. The minimum atomic E-state index is 0.608. The molecule has 26 heavy (non-hydrogen) atoms. The number of hydrogen-bond donors (Lipinski definition) is 0. The zero-order valence-corrected chi connectivity index (χ0v) is 18.1. The van der Waals surface area contributed by atoms with Crippen LogP contribution in [-0.2, 0) is 0 Å². The van der Waals surface area contributed by atoms with Crippen molar-refractivity contribution in [2.45, 2.75) is 32.7 Å². The van der Waals surface area contributed by atoms with Gasteiger partial charge in [0.1, 0.15) is 5.75 Å². The molecule has 0 fully saturated rings. The summed E-state index contributed by atoms with van der Waals surface area (Å²) in [5, 5.41) is 3.53. The molecule has 0 bridgehead atoms. The van der Waals surface area contributed by atoms with Crippen LogP contribution in [0.15, 0.2) is 52.3 Å². The molecule has 0 aliphatic carbocycles. The van der Waals surface area contributed by atoms with E-state index < -0.39 is 0 Å². The Morgan fingerprint density at radius 1 is 1.08 bits per heavy atom. The topological polar surface area (TPSA) is 12.5 Å². The third-order valence-electron chi connectivity index (χ3n) is 4.76. The van der Waals surface area contributed by atoms with Crippen LogP contribution in [0.3, 0.4) is 0 Å². The molecule has 138 valence electrons. The lowest BCUT2D eigenvalue weighted by atomic mass is 10.1. The van der Waals surface area contributed by atoms with Crippen LogP contribution in [0.25, 0.3) is 21.2 Å². The maximum atomic E-state index is 5.97. The van der Waals surface area contributed by atoms with E-state index in [1.807, 2.05) is 0 Å². The molecule has 1 aromatic heterocycles. The van der Waals surface area contributed by atoms with Crippen LogP contribution < -0.4 is 4.74 Å². The van der Waals surface area contributed by atoms with Crippen molar-refractivity contribution in [3.05, 3.63) is 52.3 Å². The van der Waals surface area contributed by atoms with Crippen molar-refractivity contribution in [1.29, 1.82) is 0 Å². The second-order valence-corrected chi connectivity index (χ2v) is 8.77. The maximum absolute atomic E-state index is 5.97. The van der Waals surface area contributed by atoms with Crippen molar-refractivity contribution >= 4 is 37.4 Å². The predicted molar refractivity (Wildman–Crippen MR) is 117 cm³/mol. The van der Waals surface area contributed by atoms with E-state index >= 15 is 0 Å². The highest BCUT2D eigenvalue weighted by Gasteiger charge is 2.08. The van der Waals surface area contributed by atoms with Gasteiger partial charge in [0.15, 0.2) is 0 Å². The van der Waals surface area contributed by atoms with E-state index in [9.17, 15) is 0 Å². The first-order valence-electron chi connectivity index (χ1n) is 9.15. The molecule has 0 aliphatic heterocycles. The van der Waals surface area contributed by atoms with Gasteiger partial charge >= 0.3 is 0 Å². The Bertz CT molecular complexity index is 841. The normalized spacial score (nSPS) is 11.6. The molecule has 2 aromatic carbocycles. The number of thiophene rings is 1. The fraction of sp³-hybridized carbons (Fsp3) is 0.364. The van der Waals surface area contributed by atoms with Crippen LogP contribution in [0.5, 0.6) is 5.75 Å². The van der Waals surface area contributed by atoms with Crippen LogP contribution in [0.4, 0.5) is 0 Å². The molecule has 3 aromatic rings. The molecule has 0 saturated heterocycles. The largest absolute Gasteiger partial charge is 0.494 e. The van der Waals surface area contributed by atoms with E-state index in [1.54, 1.807) is 11.3 Å². The molecule has 0 unspecified atom stereocenters. The second-order valence-electron chi connectivity index (χ2n) is 6.94. The molecule has 0 aliphatic rings. The van der Waals surface area contributed by atoms with Gasteiger partial charge in [-0.15, -0.1) is 11.3 Å². The van der Waals surface area contributed by atoms with Gasteiger partial charge in [0.25, 0.3) is 0 Å². The van der Waals surface area contributed by atoms with Gasteiger partial charge in [-0.2, -0.15) is 0 Å². The van der Waals surface area contributed by atoms with Crippen molar-refractivity contribution in [3.8, 4) is 16.9 Å². The van der Waals surface area contributed by atoms with Crippen molar-refractivity contribution in [1.82, 2.24) is 4.90 Å². The summed E-state index contributed by atoms with van der Waals surface area (Å²) in [5.74, 6) is 0.971. The highest BCUT2D eigenvalue weighted by Crippen LogP contribution is 2.36. The van der Waals surface area contributed by atoms with Crippen LogP contribution in [-0.4, -0.2) is 31.1 Å². The molecule has 0 N–H and O–H groups in total. The Balaban J connectivity index is 1.59. The molecular formula is C22H26BrNOS. The zero-order valence-electron chi connectivity index (χ0n) is 15.7. The molecule has 3 rings (SSSR count). The highest BCUT2D eigenvalue weighted by molar-refractivity contribution is 9.10. The number of ether oxygens (including phenoxy) is 1. The average molecular weight is 432 g/mol. The van der Waals surface area contributed by atoms with Gasteiger partial charge in [0.2, 0.25) is 0 Å². The monoisotopic (exact) mass is 431 g/mol. The van der Waals surface area contributed by atoms with Crippen LogP contribution >= 0.6 is 27.3 Å². The third kappa shape index (κ3) is 4.87. The standard InChI is InChI=1S/C22H26BrNOS/c1-16(2)24(3)12-4-5-13-25-19-10-11-20-21(15-26-22(20)14-19)17-6-8-18(23)9-7-17/h6-11,14-16H,4-5,12-13H2,1-3H3. The van der Waals surface area contributed by atoms with Crippen molar-refractivity contribution < 1.29 is 4.74 Å². The van der Waals surface area contributed by atoms with Gasteiger partial charge < -0.3 is 9.64 Å². The highest BCUT2D eigenvalue weighted by atomic mass is 79.9. The number of hydrogen-bond acceptors (Lipinski definition) is 3. The van der Waals surface area contributed by atoms with E-state index in [0.29, 0.717) is 6.04 Å². The summed E-state index contributed by atoms with van der Waals surface area (Å²) in [6, 6.07) is 15.6. The summed E-state index contributed by atoms with van der Waals surface area (Å²) in [4.78, 5) is 2.38. The molecule has 1 heterocycles. The molecular weight excluding hydrogens is 406 g/mol. The molecule has 0 amide bonds. The number of unbranched alkanes of at least 4 members (excludes halogenated alkanes) is 1. The maximum Gasteiger partial charge on any atom is 0.120 e. The van der Waals surface area contributed by atoms with Gasteiger partial charge in [0.05, 0.1) is 6.61 Å². The van der Waals surface area contributed by atoms with Gasteiger partial charge in [-0.05, 0) is 81.6 Å². The molecule has 4 heteroatoms. The van der Waals surface area contributed by atoms with Gasteiger partial charge in [0, 0.05) is 26.2 Å². The SMILES string of the molecule is CC(C)N(C)CCCCOc1ccc2c(-c3ccc(Br)cc3)csc2c1. The van der Waals surface area contributed by atoms with E-state index in [4.69, 9.17) is 4.74 Å². The first kappa shape index (κ1) is 19.4. The van der Waals surface area contributed by atoms with Crippen molar-refractivity contribution in [2.24, 2.45) is 0 Å². The van der Waals surface area contributed by atoms with Crippen LogP contribution in [0.2, 0.25) is 0 Å². The summed E-state index contributed by atoms with van der Waals surface area (Å²) in [6.07, 6.45) is 2.26. The quantitative estimate of drug-likeness (QED) is 0.362. The van der Waals surface area contributed by atoms with Gasteiger partial charge in [-0.3, -0.25) is 0 Å². The Morgan fingerprint density at radius 2 is 1.85 bits per heavy atom. The average Bonchev–Trinajstić information content (AvgIpc) is 3.05. The van der Waals surface area contributed by atoms with Crippen molar-refractivity contribution in [3.63, 3.8) is 0 Å². The fourth-order valence-corrected chi connectivity index (χ4v) is 4.12. The van der Waals surface area contributed by atoms with E-state index in [0.717, 1.165) is 29.8 Å². The molecule has 0 radical (unpaired) electrons. The Kier molecular flexibility index (Phi) is 6.74. The summed E-state index contributed by atoms with van der Waals surface area (Å²) in [6.45, 7) is 6.37. The van der Waals surface area contributed by atoms with Gasteiger partial charge in [-0.25, -0.2) is 0 Å². The third-order valence-corrected chi connectivity index (χ3v) is 6.23. The second kappa shape index (κ2) is 9.03. The van der Waals surface area contributed by atoms with E-state index in [1.165, 1.54) is 27.6 Å². The zero-order chi connectivity index (χ0) is 18.5. The number of fused-ring (bicyclic) bond motifs is 1. The summed E-state index contributed by atoms with van der Waals surface area (Å²) < 4.78 is 8.35. The van der Waals surface area contributed by atoms with E-state index in [-0.39, 0.29) is 0 Å². The lowest BCUT2D eigenvalue weighted by Gasteiger charge is -2.20. The minimum absolute atomic E-state index is 0.608. The number of nitrogens with zero attached hydrogens (tertiary/aromatic N) is 1.